The molecule has 0 unspecified atom stereocenters. The smallest absolute Gasteiger partial charge is 0.227 e. The van der Waals surface area contributed by atoms with Crippen LogP contribution in [0.1, 0.15) is 31.7 Å². The summed E-state index contributed by atoms with van der Waals surface area (Å²) in [4.78, 5) is 13.5. The van der Waals surface area contributed by atoms with Gasteiger partial charge in [-0.1, -0.05) is 19.1 Å². The molecule has 1 fully saturated rings. The van der Waals surface area contributed by atoms with Crippen molar-refractivity contribution in [2.75, 3.05) is 43.4 Å². The van der Waals surface area contributed by atoms with E-state index in [0.717, 1.165) is 44.1 Å². The third-order valence-electron chi connectivity index (χ3n) is 3.90. The van der Waals surface area contributed by atoms with Crippen LogP contribution in [0.3, 0.4) is 0 Å². The molecule has 1 aromatic heterocycles. The summed E-state index contributed by atoms with van der Waals surface area (Å²) in [6.07, 6.45) is 9.91. The molecule has 5 nitrogen and oxygen atoms in total. The van der Waals surface area contributed by atoms with E-state index in [-0.39, 0.29) is 0 Å². The average Bonchev–Trinajstić information content (AvgIpc) is 2.50. The molecule has 0 aromatic carbocycles. The Bertz CT molecular complexity index is 464. The predicted molar refractivity (Wildman–Crippen MR) is 88.5 cm³/mol. The highest BCUT2D eigenvalue weighted by molar-refractivity contribution is 5.43. The van der Waals surface area contributed by atoms with E-state index in [9.17, 15) is 0 Å². The van der Waals surface area contributed by atoms with Crippen molar-refractivity contribution < 1.29 is 0 Å². The first-order chi connectivity index (χ1) is 10.2. The monoisotopic (exact) mass is 289 g/mol. The predicted octanol–water partition coefficient (Wildman–Crippen LogP) is 2.24. The molecule has 2 N–H and O–H groups in total. The number of rotatable bonds is 6. The van der Waals surface area contributed by atoms with Gasteiger partial charge in [-0.25, -0.2) is 4.98 Å². The maximum absolute atomic E-state index is 5.87. The number of anilines is 2. The highest BCUT2D eigenvalue weighted by Gasteiger charge is 2.18. The summed E-state index contributed by atoms with van der Waals surface area (Å²) in [6.45, 7) is 9.41. The lowest BCUT2D eigenvalue weighted by molar-refractivity contribution is 0.254. The van der Waals surface area contributed by atoms with E-state index in [0.29, 0.717) is 5.82 Å². The van der Waals surface area contributed by atoms with Gasteiger partial charge in [0.15, 0.2) is 0 Å². The minimum absolute atomic E-state index is 0.588. The van der Waals surface area contributed by atoms with Gasteiger partial charge in [0.2, 0.25) is 5.95 Å². The quantitative estimate of drug-likeness (QED) is 0.643. The van der Waals surface area contributed by atoms with Crippen LogP contribution in [0.4, 0.5) is 11.8 Å². The second-order valence-corrected chi connectivity index (χ2v) is 5.59. The van der Waals surface area contributed by atoms with Crippen LogP contribution in [0.2, 0.25) is 0 Å². The van der Waals surface area contributed by atoms with Gasteiger partial charge in [-0.2, -0.15) is 4.98 Å². The van der Waals surface area contributed by atoms with Gasteiger partial charge >= 0.3 is 0 Å². The molecule has 1 saturated heterocycles. The maximum atomic E-state index is 5.87. The SMILES string of the molecule is CC/C=C\CCCN1CCN(c2ncc(C)c(N)n2)CC1. The first-order valence-corrected chi connectivity index (χ1v) is 7.92. The maximum Gasteiger partial charge on any atom is 0.227 e. The van der Waals surface area contributed by atoms with E-state index in [4.69, 9.17) is 5.73 Å². The Morgan fingerprint density at radius 2 is 2.00 bits per heavy atom. The van der Waals surface area contributed by atoms with Crippen LogP contribution in [0.25, 0.3) is 0 Å². The Labute approximate surface area is 127 Å². The van der Waals surface area contributed by atoms with Gasteiger partial charge in [0.1, 0.15) is 5.82 Å². The Hall–Kier alpha value is -1.62. The normalized spacial score (nSPS) is 16.8. The molecule has 1 aromatic rings. The van der Waals surface area contributed by atoms with Crippen molar-refractivity contribution in [2.24, 2.45) is 0 Å². The largest absolute Gasteiger partial charge is 0.383 e. The molecule has 1 aliphatic rings. The Morgan fingerprint density at radius 3 is 2.67 bits per heavy atom. The number of piperazine rings is 1. The Kier molecular flexibility index (Phi) is 5.99. The lowest BCUT2D eigenvalue weighted by Gasteiger charge is -2.34. The van der Waals surface area contributed by atoms with Crippen molar-refractivity contribution >= 4 is 11.8 Å². The molecule has 0 radical (unpaired) electrons. The summed E-state index contributed by atoms with van der Waals surface area (Å²) in [5.74, 6) is 1.36. The molecule has 2 heterocycles. The molecule has 0 atom stereocenters. The second-order valence-electron chi connectivity index (χ2n) is 5.59. The van der Waals surface area contributed by atoms with Gasteiger partial charge in [-0.3, -0.25) is 4.90 Å². The topological polar surface area (TPSA) is 58.3 Å². The van der Waals surface area contributed by atoms with Gasteiger partial charge < -0.3 is 10.6 Å². The lowest BCUT2D eigenvalue weighted by atomic mass is 10.2. The summed E-state index contributed by atoms with van der Waals surface area (Å²) in [7, 11) is 0. The number of nitrogen functional groups attached to an aromatic ring is 1. The molecule has 0 aliphatic carbocycles. The van der Waals surface area contributed by atoms with Gasteiger partial charge in [0.25, 0.3) is 0 Å². The Morgan fingerprint density at radius 1 is 1.24 bits per heavy atom. The standard InChI is InChI=1S/C16H27N5/c1-3-4-5-6-7-8-20-9-11-21(12-10-20)16-18-13-14(2)15(17)19-16/h4-5,13H,3,6-12H2,1-2H3,(H2,17,18,19)/b5-4-. The van der Waals surface area contributed by atoms with E-state index < -0.39 is 0 Å². The molecule has 21 heavy (non-hydrogen) atoms. The fourth-order valence-electron chi connectivity index (χ4n) is 2.49. The number of nitrogens with two attached hydrogens (primary N) is 1. The summed E-state index contributed by atoms with van der Waals surface area (Å²) in [5, 5.41) is 0. The zero-order valence-electron chi connectivity index (χ0n) is 13.3. The van der Waals surface area contributed by atoms with E-state index >= 15 is 0 Å². The van der Waals surface area contributed by atoms with Gasteiger partial charge in [0.05, 0.1) is 0 Å². The zero-order chi connectivity index (χ0) is 15.1. The van der Waals surface area contributed by atoms with E-state index in [2.05, 4.69) is 38.8 Å². The molecule has 0 bridgehead atoms. The molecular formula is C16H27N5. The third kappa shape index (κ3) is 4.70. The molecule has 0 amide bonds. The molecule has 1 aliphatic heterocycles. The van der Waals surface area contributed by atoms with Crippen LogP contribution in [-0.4, -0.2) is 47.6 Å². The van der Waals surface area contributed by atoms with Crippen LogP contribution >= 0.6 is 0 Å². The summed E-state index contributed by atoms with van der Waals surface area (Å²) in [6, 6.07) is 0. The van der Waals surface area contributed by atoms with Crippen LogP contribution in [0, 0.1) is 6.92 Å². The molecule has 0 saturated carbocycles. The molecule has 0 spiro atoms. The Balaban J connectivity index is 1.75. The van der Waals surface area contributed by atoms with Crippen molar-refractivity contribution in [3.63, 3.8) is 0 Å². The summed E-state index contributed by atoms with van der Waals surface area (Å²) in [5.41, 5.74) is 6.81. The number of allylic oxidation sites excluding steroid dienone is 2. The van der Waals surface area contributed by atoms with E-state index in [1.165, 1.54) is 19.4 Å². The number of nitrogens with zero attached hydrogens (tertiary/aromatic N) is 4. The van der Waals surface area contributed by atoms with Gasteiger partial charge in [0, 0.05) is 37.9 Å². The number of unbranched alkanes of at least 4 members (excludes halogenated alkanes) is 1. The lowest BCUT2D eigenvalue weighted by Crippen LogP contribution is -2.47. The highest BCUT2D eigenvalue weighted by Crippen LogP contribution is 2.14. The fourth-order valence-corrected chi connectivity index (χ4v) is 2.49. The highest BCUT2D eigenvalue weighted by atomic mass is 15.3. The van der Waals surface area contributed by atoms with Crippen molar-refractivity contribution in [3.05, 3.63) is 23.9 Å². The van der Waals surface area contributed by atoms with Crippen molar-refractivity contribution in [2.45, 2.75) is 33.1 Å². The van der Waals surface area contributed by atoms with E-state index in [1.54, 1.807) is 0 Å². The van der Waals surface area contributed by atoms with Gasteiger partial charge in [-0.15, -0.1) is 0 Å². The zero-order valence-corrected chi connectivity index (χ0v) is 13.3. The molecule has 116 valence electrons. The van der Waals surface area contributed by atoms with Crippen LogP contribution < -0.4 is 10.6 Å². The summed E-state index contributed by atoms with van der Waals surface area (Å²) < 4.78 is 0. The summed E-state index contributed by atoms with van der Waals surface area (Å²) >= 11 is 0. The minimum Gasteiger partial charge on any atom is -0.383 e. The average molecular weight is 289 g/mol. The molecular weight excluding hydrogens is 262 g/mol. The number of aryl methyl sites for hydroxylation is 1. The van der Waals surface area contributed by atoms with Crippen molar-refractivity contribution in [3.8, 4) is 0 Å². The fraction of sp³-hybridized carbons (Fsp3) is 0.625. The second kappa shape index (κ2) is 7.98. The van der Waals surface area contributed by atoms with Crippen LogP contribution in [0.5, 0.6) is 0 Å². The first-order valence-electron chi connectivity index (χ1n) is 7.92. The number of aromatic nitrogens is 2. The number of hydrogen-bond acceptors (Lipinski definition) is 5. The first kappa shape index (κ1) is 15.8. The minimum atomic E-state index is 0.588. The van der Waals surface area contributed by atoms with Crippen LogP contribution in [0.15, 0.2) is 18.3 Å². The number of hydrogen-bond donors (Lipinski definition) is 1. The van der Waals surface area contributed by atoms with E-state index in [1.807, 2.05) is 13.1 Å². The van der Waals surface area contributed by atoms with Crippen LogP contribution in [-0.2, 0) is 0 Å². The molecule has 2 rings (SSSR count). The van der Waals surface area contributed by atoms with Crippen molar-refractivity contribution in [1.82, 2.24) is 14.9 Å². The van der Waals surface area contributed by atoms with Gasteiger partial charge in [-0.05, 0) is 32.7 Å². The molecule has 5 heteroatoms. The third-order valence-corrected chi connectivity index (χ3v) is 3.90. The van der Waals surface area contributed by atoms with Crippen molar-refractivity contribution in [1.29, 1.82) is 0 Å².